The Hall–Kier alpha value is -2.52. The highest BCUT2D eigenvalue weighted by Gasteiger charge is 2.34. The van der Waals surface area contributed by atoms with Gasteiger partial charge in [-0.05, 0) is 31.4 Å². The number of likely N-dealkylation sites (tertiary alicyclic amines) is 1. The van der Waals surface area contributed by atoms with Crippen molar-refractivity contribution >= 4 is 17.7 Å². The van der Waals surface area contributed by atoms with E-state index in [9.17, 15) is 9.59 Å². The van der Waals surface area contributed by atoms with E-state index >= 15 is 0 Å². The zero-order chi connectivity index (χ0) is 22.2. The number of nitrogens with one attached hydrogen (secondary N) is 2. The van der Waals surface area contributed by atoms with Gasteiger partial charge in [0.05, 0.1) is 7.11 Å². The first-order chi connectivity index (χ1) is 15.0. The van der Waals surface area contributed by atoms with Gasteiger partial charge in [0, 0.05) is 77.3 Å². The van der Waals surface area contributed by atoms with Gasteiger partial charge >= 0.3 is 12.1 Å². The number of hydrogen-bond donors (Lipinski definition) is 2. The Morgan fingerprint density at radius 3 is 2.68 bits per heavy atom. The molecule has 2 N–H and O–H groups in total. The number of rotatable bonds is 7. The second-order valence-corrected chi connectivity index (χ2v) is 8.26. The molecule has 2 saturated heterocycles. The number of carbonyl (C=O) groups excluding carboxylic acids is 2. The van der Waals surface area contributed by atoms with Gasteiger partial charge in [0.1, 0.15) is 5.75 Å². The average Bonchev–Trinajstić information content (AvgIpc) is 3.26. The minimum Gasteiger partial charge on any atom is -0.497 e. The predicted octanol–water partition coefficient (Wildman–Crippen LogP) is 2.05. The maximum Gasteiger partial charge on any atom is 0.319 e. The number of ether oxygens (including phenoxy) is 2. The Bertz CT molecular complexity index is 738. The number of amides is 4. The van der Waals surface area contributed by atoms with Gasteiger partial charge in [0.15, 0.2) is 0 Å². The molecular weight excluding hydrogens is 398 g/mol. The van der Waals surface area contributed by atoms with Crippen molar-refractivity contribution in [1.82, 2.24) is 20.0 Å². The topological polar surface area (TPSA) is 86.4 Å². The molecule has 0 spiro atoms. The Kier molecular flexibility index (Phi) is 8.36. The molecule has 2 aliphatic heterocycles. The number of benzene rings is 1. The summed E-state index contributed by atoms with van der Waals surface area (Å²) in [4.78, 5) is 30.7. The van der Waals surface area contributed by atoms with E-state index in [1.54, 1.807) is 32.2 Å². The van der Waals surface area contributed by atoms with Crippen LogP contribution in [0.2, 0.25) is 0 Å². The summed E-state index contributed by atoms with van der Waals surface area (Å²) in [6.45, 7) is 4.29. The summed E-state index contributed by atoms with van der Waals surface area (Å²) in [6, 6.07) is 7.81. The molecule has 9 nitrogen and oxygen atoms in total. The SMILES string of the molecule is COc1cccc(NC(=O)NCCN(C2CCOCC2)C2CCN(C(=O)N(C)C)C2)c1. The van der Waals surface area contributed by atoms with Crippen molar-refractivity contribution in [3.63, 3.8) is 0 Å². The van der Waals surface area contributed by atoms with E-state index < -0.39 is 0 Å². The van der Waals surface area contributed by atoms with Crippen LogP contribution in [0, 0.1) is 0 Å². The Labute approximate surface area is 184 Å². The molecule has 3 rings (SSSR count). The highest BCUT2D eigenvalue weighted by molar-refractivity contribution is 5.89. The number of methoxy groups -OCH3 is 1. The molecule has 4 amide bonds. The van der Waals surface area contributed by atoms with Crippen molar-refractivity contribution in [3.05, 3.63) is 24.3 Å². The minimum atomic E-state index is -0.240. The van der Waals surface area contributed by atoms with E-state index in [-0.39, 0.29) is 12.1 Å². The van der Waals surface area contributed by atoms with E-state index in [1.807, 2.05) is 23.1 Å². The first kappa shape index (κ1) is 23.1. The molecule has 1 unspecified atom stereocenters. The molecule has 2 aliphatic rings. The highest BCUT2D eigenvalue weighted by atomic mass is 16.5. The average molecular weight is 434 g/mol. The normalized spacial score (nSPS) is 19.4. The van der Waals surface area contributed by atoms with Crippen molar-refractivity contribution in [2.75, 3.05) is 65.9 Å². The van der Waals surface area contributed by atoms with E-state index in [1.165, 1.54) is 0 Å². The third-order valence-electron chi connectivity index (χ3n) is 5.93. The van der Waals surface area contributed by atoms with Crippen LogP contribution in [0.25, 0.3) is 0 Å². The molecule has 2 heterocycles. The fraction of sp³-hybridized carbons (Fsp3) is 0.636. The standard InChI is InChI=1S/C22H35N5O4/c1-25(2)22(29)26-11-7-19(16-26)27(18-8-13-31-14-9-18)12-10-23-21(28)24-17-5-4-6-20(15-17)30-3/h4-6,15,18-19H,7-14,16H2,1-3H3,(H2,23,24,28). The van der Waals surface area contributed by atoms with E-state index in [0.29, 0.717) is 30.1 Å². The van der Waals surface area contributed by atoms with Gasteiger partial charge in [0.25, 0.3) is 0 Å². The highest BCUT2D eigenvalue weighted by Crippen LogP contribution is 2.23. The molecule has 31 heavy (non-hydrogen) atoms. The lowest BCUT2D eigenvalue weighted by Gasteiger charge is -2.38. The molecule has 2 fully saturated rings. The minimum absolute atomic E-state index is 0.0604. The van der Waals surface area contributed by atoms with Crippen LogP contribution in [0.5, 0.6) is 5.75 Å². The third-order valence-corrected chi connectivity index (χ3v) is 5.93. The lowest BCUT2D eigenvalue weighted by molar-refractivity contribution is 0.0191. The van der Waals surface area contributed by atoms with Crippen LogP contribution in [-0.2, 0) is 4.74 Å². The molecule has 0 aliphatic carbocycles. The van der Waals surface area contributed by atoms with Gasteiger partial charge in [-0.15, -0.1) is 0 Å². The van der Waals surface area contributed by atoms with Gasteiger partial charge < -0.3 is 29.9 Å². The summed E-state index contributed by atoms with van der Waals surface area (Å²) in [5.41, 5.74) is 0.687. The monoisotopic (exact) mass is 433 g/mol. The van der Waals surface area contributed by atoms with E-state index in [0.717, 1.165) is 52.1 Å². The zero-order valence-electron chi connectivity index (χ0n) is 18.8. The van der Waals surface area contributed by atoms with Crippen molar-refractivity contribution in [2.45, 2.75) is 31.3 Å². The fourth-order valence-electron chi connectivity index (χ4n) is 4.32. The van der Waals surface area contributed by atoms with Crippen LogP contribution in [0.1, 0.15) is 19.3 Å². The van der Waals surface area contributed by atoms with Gasteiger partial charge in [-0.1, -0.05) is 6.07 Å². The lowest BCUT2D eigenvalue weighted by Crippen LogP contribution is -2.50. The van der Waals surface area contributed by atoms with Crippen molar-refractivity contribution < 1.29 is 19.1 Å². The Morgan fingerprint density at radius 1 is 1.19 bits per heavy atom. The Balaban J connectivity index is 1.54. The van der Waals surface area contributed by atoms with Crippen LogP contribution >= 0.6 is 0 Å². The molecule has 9 heteroatoms. The van der Waals surface area contributed by atoms with Crippen LogP contribution in [0.15, 0.2) is 24.3 Å². The molecule has 0 bridgehead atoms. The molecule has 172 valence electrons. The van der Waals surface area contributed by atoms with E-state index in [4.69, 9.17) is 9.47 Å². The van der Waals surface area contributed by atoms with Crippen LogP contribution < -0.4 is 15.4 Å². The summed E-state index contributed by atoms with van der Waals surface area (Å²) in [7, 11) is 5.17. The molecular formula is C22H35N5O4. The molecule has 0 aromatic heterocycles. The lowest BCUT2D eigenvalue weighted by atomic mass is 10.0. The quantitative estimate of drug-likeness (QED) is 0.687. The Morgan fingerprint density at radius 2 is 1.97 bits per heavy atom. The molecule has 0 radical (unpaired) electrons. The maximum atomic E-state index is 12.4. The predicted molar refractivity (Wildman–Crippen MR) is 120 cm³/mol. The second kappa shape index (κ2) is 11.2. The number of anilines is 1. The molecule has 1 aromatic rings. The van der Waals surface area contributed by atoms with Gasteiger partial charge in [-0.2, -0.15) is 0 Å². The summed E-state index contributed by atoms with van der Waals surface area (Å²) < 4.78 is 10.7. The first-order valence-electron chi connectivity index (χ1n) is 11.0. The van der Waals surface area contributed by atoms with E-state index in [2.05, 4.69) is 15.5 Å². The molecule has 0 saturated carbocycles. The van der Waals surface area contributed by atoms with Gasteiger partial charge in [-0.3, -0.25) is 4.90 Å². The summed E-state index contributed by atoms with van der Waals surface area (Å²) >= 11 is 0. The number of carbonyl (C=O) groups is 2. The van der Waals surface area contributed by atoms with Crippen LogP contribution in [-0.4, -0.2) is 99.4 Å². The summed E-state index contributed by atoms with van der Waals surface area (Å²) in [5.74, 6) is 0.696. The van der Waals surface area contributed by atoms with Crippen LogP contribution in [0.4, 0.5) is 15.3 Å². The zero-order valence-corrected chi connectivity index (χ0v) is 18.8. The summed E-state index contributed by atoms with van der Waals surface area (Å²) in [6.07, 6.45) is 2.91. The van der Waals surface area contributed by atoms with Crippen molar-refractivity contribution in [1.29, 1.82) is 0 Å². The largest absolute Gasteiger partial charge is 0.497 e. The van der Waals surface area contributed by atoms with Gasteiger partial charge in [-0.25, -0.2) is 9.59 Å². The molecule has 1 aromatic carbocycles. The smallest absolute Gasteiger partial charge is 0.319 e. The maximum absolute atomic E-state index is 12.4. The fourth-order valence-corrected chi connectivity index (χ4v) is 4.32. The third kappa shape index (κ3) is 6.48. The van der Waals surface area contributed by atoms with Crippen molar-refractivity contribution in [2.24, 2.45) is 0 Å². The summed E-state index contributed by atoms with van der Waals surface area (Å²) in [5, 5.41) is 5.81. The number of hydrogen-bond acceptors (Lipinski definition) is 5. The van der Waals surface area contributed by atoms with Crippen molar-refractivity contribution in [3.8, 4) is 5.75 Å². The number of nitrogens with zero attached hydrogens (tertiary/aromatic N) is 3. The number of urea groups is 2. The second-order valence-electron chi connectivity index (χ2n) is 8.26. The van der Waals surface area contributed by atoms with Crippen LogP contribution in [0.3, 0.4) is 0 Å². The first-order valence-corrected chi connectivity index (χ1v) is 11.0. The van der Waals surface area contributed by atoms with Gasteiger partial charge in [0.2, 0.25) is 0 Å². The molecule has 1 atom stereocenters.